The van der Waals surface area contributed by atoms with Crippen LogP contribution >= 0.6 is 11.6 Å². The second kappa shape index (κ2) is 10.7. The summed E-state index contributed by atoms with van der Waals surface area (Å²) >= 11 is 5.86. The summed E-state index contributed by atoms with van der Waals surface area (Å²) in [5.74, 6) is -0.209. The van der Waals surface area contributed by atoms with Gasteiger partial charge >= 0.3 is 6.03 Å². The first-order valence-corrected chi connectivity index (χ1v) is 11.5. The number of amides is 4. The van der Waals surface area contributed by atoms with Crippen LogP contribution in [-0.4, -0.2) is 44.1 Å². The van der Waals surface area contributed by atoms with Crippen LogP contribution in [0.15, 0.2) is 48.5 Å². The minimum Gasteiger partial charge on any atom is -0.370 e. The smallest absolute Gasteiger partial charge is 0.319 e. The van der Waals surface area contributed by atoms with Crippen LogP contribution in [-0.2, 0) is 14.3 Å². The van der Waals surface area contributed by atoms with E-state index in [0.29, 0.717) is 36.1 Å². The molecule has 1 unspecified atom stereocenters. The topological polar surface area (TPSA) is 99.8 Å². The van der Waals surface area contributed by atoms with Gasteiger partial charge in [-0.2, -0.15) is 0 Å². The van der Waals surface area contributed by atoms with Crippen molar-refractivity contribution in [3.8, 4) is 0 Å². The Hall–Kier alpha value is -3.10. The summed E-state index contributed by atoms with van der Waals surface area (Å²) in [7, 11) is 0. The number of hydrogen-bond donors (Lipinski definition) is 3. The van der Waals surface area contributed by atoms with Crippen LogP contribution in [0.25, 0.3) is 0 Å². The Bertz CT molecular complexity index is 997. The number of urea groups is 1. The summed E-state index contributed by atoms with van der Waals surface area (Å²) in [6, 6.07) is 13.8. The molecule has 1 heterocycles. The molecule has 1 saturated carbocycles. The predicted octanol–water partition coefficient (Wildman–Crippen LogP) is 3.88. The van der Waals surface area contributed by atoms with Crippen molar-refractivity contribution in [3.05, 3.63) is 53.6 Å². The molecule has 0 aromatic heterocycles. The van der Waals surface area contributed by atoms with E-state index in [1.165, 1.54) is 0 Å². The van der Waals surface area contributed by atoms with E-state index in [1.54, 1.807) is 41.3 Å². The van der Waals surface area contributed by atoms with Gasteiger partial charge in [0.1, 0.15) is 6.61 Å². The first-order chi connectivity index (χ1) is 16.0. The zero-order chi connectivity index (χ0) is 23.2. The monoisotopic (exact) mass is 470 g/mol. The van der Waals surface area contributed by atoms with Crippen LogP contribution in [0.4, 0.5) is 21.9 Å². The fourth-order valence-corrected chi connectivity index (χ4v) is 4.44. The average molecular weight is 471 g/mol. The molecule has 4 rings (SSSR count). The molecule has 2 fully saturated rings. The van der Waals surface area contributed by atoms with Gasteiger partial charge in [0.25, 0.3) is 5.91 Å². The lowest BCUT2D eigenvalue weighted by Gasteiger charge is -2.27. The third kappa shape index (κ3) is 6.03. The number of carbonyl (C=O) groups is 3. The highest BCUT2D eigenvalue weighted by molar-refractivity contribution is 6.30. The molecule has 0 bridgehead atoms. The maximum Gasteiger partial charge on any atom is 0.319 e. The van der Waals surface area contributed by atoms with Crippen molar-refractivity contribution in [2.24, 2.45) is 11.8 Å². The summed E-state index contributed by atoms with van der Waals surface area (Å²) in [4.78, 5) is 38.8. The van der Waals surface area contributed by atoms with E-state index >= 15 is 0 Å². The lowest BCUT2D eigenvalue weighted by atomic mass is 9.95. The van der Waals surface area contributed by atoms with Gasteiger partial charge in [-0.25, -0.2) is 4.79 Å². The standard InChI is InChI=1S/C24H27ClN4O4/c25-17-4-6-19(7-5-17)28-24(32)26-14-16-2-1-3-21(16)23(31)27-18-8-10-20(11-9-18)29-12-13-33-15-22(29)30/h4-11,16,21H,1-3,12-15H2,(H,27,31)(H2,26,28,32)/t16?,21-/m1/s1. The maximum absolute atomic E-state index is 12.9. The van der Waals surface area contributed by atoms with Gasteiger partial charge in [0, 0.05) is 41.1 Å². The van der Waals surface area contributed by atoms with Crippen LogP contribution in [0, 0.1) is 11.8 Å². The third-order valence-corrected chi connectivity index (χ3v) is 6.31. The van der Waals surface area contributed by atoms with E-state index in [9.17, 15) is 14.4 Å². The Kier molecular flexibility index (Phi) is 7.47. The van der Waals surface area contributed by atoms with Crippen molar-refractivity contribution in [2.45, 2.75) is 19.3 Å². The quantitative estimate of drug-likeness (QED) is 0.596. The average Bonchev–Trinajstić information content (AvgIpc) is 3.29. The minimum absolute atomic E-state index is 0.0485. The van der Waals surface area contributed by atoms with Crippen LogP contribution in [0.2, 0.25) is 5.02 Å². The van der Waals surface area contributed by atoms with Gasteiger partial charge in [0.05, 0.1) is 6.61 Å². The highest BCUT2D eigenvalue weighted by atomic mass is 35.5. The van der Waals surface area contributed by atoms with Gasteiger partial charge in [-0.1, -0.05) is 18.0 Å². The van der Waals surface area contributed by atoms with E-state index in [2.05, 4.69) is 16.0 Å². The van der Waals surface area contributed by atoms with Crippen molar-refractivity contribution in [3.63, 3.8) is 0 Å². The number of carbonyl (C=O) groups excluding carboxylic acids is 3. The molecule has 0 spiro atoms. The van der Waals surface area contributed by atoms with Crippen molar-refractivity contribution in [1.29, 1.82) is 0 Å². The lowest BCUT2D eigenvalue weighted by Crippen LogP contribution is -2.41. The molecule has 8 nitrogen and oxygen atoms in total. The number of rotatable bonds is 6. The minimum atomic E-state index is -0.309. The number of nitrogens with one attached hydrogen (secondary N) is 3. The van der Waals surface area contributed by atoms with E-state index in [4.69, 9.17) is 16.3 Å². The fourth-order valence-electron chi connectivity index (χ4n) is 4.31. The second-order valence-corrected chi connectivity index (χ2v) is 8.71. The van der Waals surface area contributed by atoms with Crippen molar-refractivity contribution in [1.82, 2.24) is 5.32 Å². The van der Waals surface area contributed by atoms with Crippen LogP contribution < -0.4 is 20.9 Å². The van der Waals surface area contributed by atoms with Gasteiger partial charge in [0.2, 0.25) is 5.91 Å². The molecule has 2 aliphatic rings. The third-order valence-electron chi connectivity index (χ3n) is 6.06. The summed E-state index contributed by atoms with van der Waals surface area (Å²) < 4.78 is 5.16. The Morgan fingerprint density at radius 1 is 1.00 bits per heavy atom. The van der Waals surface area contributed by atoms with Crippen LogP contribution in [0.1, 0.15) is 19.3 Å². The molecule has 2 aromatic rings. The molecule has 2 atom stereocenters. The number of ether oxygens (including phenoxy) is 1. The van der Waals surface area contributed by atoms with Gasteiger partial charge in [-0.05, 0) is 67.3 Å². The highest BCUT2D eigenvalue weighted by Gasteiger charge is 2.33. The number of hydrogen-bond acceptors (Lipinski definition) is 4. The zero-order valence-electron chi connectivity index (χ0n) is 18.2. The molecular weight excluding hydrogens is 444 g/mol. The van der Waals surface area contributed by atoms with Crippen molar-refractivity contribution >= 4 is 46.5 Å². The Labute approximate surface area is 197 Å². The van der Waals surface area contributed by atoms with Crippen LogP contribution in [0.5, 0.6) is 0 Å². The highest BCUT2D eigenvalue weighted by Crippen LogP contribution is 2.32. The van der Waals surface area contributed by atoms with E-state index < -0.39 is 0 Å². The molecule has 4 amide bonds. The zero-order valence-corrected chi connectivity index (χ0v) is 18.9. The van der Waals surface area contributed by atoms with E-state index in [1.807, 2.05) is 12.1 Å². The number of benzene rings is 2. The molecule has 174 valence electrons. The molecule has 0 radical (unpaired) electrons. The SMILES string of the molecule is O=C(NCC1CCC[C@H]1C(=O)Nc1ccc(N2CCOCC2=O)cc1)Nc1ccc(Cl)cc1. The molecule has 9 heteroatoms. The summed E-state index contributed by atoms with van der Waals surface area (Å²) in [6.45, 7) is 1.55. The van der Waals surface area contributed by atoms with Gasteiger partial charge in [0.15, 0.2) is 0 Å². The largest absolute Gasteiger partial charge is 0.370 e. The fraction of sp³-hybridized carbons (Fsp3) is 0.375. The molecule has 1 saturated heterocycles. The summed E-state index contributed by atoms with van der Waals surface area (Å²) in [6.07, 6.45) is 2.62. The molecule has 33 heavy (non-hydrogen) atoms. The van der Waals surface area contributed by atoms with Crippen molar-refractivity contribution < 1.29 is 19.1 Å². The first-order valence-electron chi connectivity index (χ1n) is 11.1. The second-order valence-electron chi connectivity index (χ2n) is 8.27. The van der Waals surface area contributed by atoms with Gasteiger partial charge < -0.3 is 25.6 Å². The van der Waals surface area contributed by atoms with E-state index in [0.717, 1.165) is 24.9 Å². The van der Waals surface area contributed by atoms with E-state index in [-0.39, 0.29) is 36.3 Å². The summed E-state index contributed by atoms with van der Waals surface area (Å²) in [5, 5.41) is 9.22. The number of nitrogens with zero attached hydrogens (tertiary/aromatic N) is 1. The van der Waals surface area contributed by atoms with Crippen molar-refractivity contribution in [2.75, 3.05) is 41.8 Å². The number of halogens is 1. The molecule has 1 aliphatic heterocycles. The molecule has 3 N–H and O–H groups in total. The number of morpholine rings is 1. The maximum atomic E-state index is 12.9. The Balaban J connectivity index is 1.28. The molecule has 1 aliphatic carbocycles. The Morgan fingerprint density at radius 3 is 2.42 bits per heavy atom. The predicted molar refractivity (Wildman–Crippen MR) is 128 cm³/mol. The lowest BCUT2D eigenvalue weighted by molar-refractivity contribution is -0.125. The normalized spacial score (nSPS) is 20.4. The molecular formula is C24H27ClN4O4. The summed E-state index contributed by atoms with van der Waals surface area (Å²) in [5.41, 5.74) is 2.12. The first kappa shape index (κ1) is 23.1. The van der Waals surface area contributed by atoms with Crippen LogP contribution in [0.3, 0.4) is 0 Å². The Morgan fingerprint density at radius 2 is 1.70 bits per heavy atom. The van der Waals surface area contributed by atoms with Gasteiger partial charge in [-0.15, -0.1) is 0 Å². The number of anilines is 3. The van der Waals surface area contributed by atoms with Gasteiger partial charge in [-0.3, -0.25) is 9.59 Å². The molecule has 2 aromatic carbocycles.